The molecular weight excluding hydrogens is 271 g/mol. The SMILES string of the molecule is CC1CCN(S(=O)(=O)Nc2cc(F)ccc2O)CC1. The van der Waals surface area contributed by atoms with Gasteiger partial charge in [0, 0.05) is 19.2 Å². The number of benzene rings is 1. The summed E-state index contributed by atoms with van der Waals surface area (Å²) in [6.45, 7) is 2.95. The average molecular weight is 288 g/mol. The summed E-state index contributed by atoms with van der Waals surface area (Å²) < 4.78 is 40.8. The van der Waals surface area contributed by atoms with Crippen LogP contribution in [0.15, 0.2) is 18.2 Å². The molecule has 106 valence electrons. The molecule has 0 aliphatic carbocycles. The minimum Gasteiger partial charge on any atom is -0.506 e. The van der Waals surface area contributed by atoms with E-state index in [0.29, 0.717) is 19.0 Å². The molecule has 1 aliphatic heterocycles. The Morgan fingerprint density at radius 3 is 2.63 bits per heavy atom. The van der Waals surface area contributed by atoms with Gasteiger partial charge >= 0.3 is 10.2 Å². The van der Waals surface area contributed by atoms with Crippen LogP contribution in [0.2, 0.25) is 0 Å². The summed E-state index contributed by atoms with van der Waals surface area (Å²) in [4.78, 5) is 0. The number of anilines is 1. The molecule has 2 N–H and O–H groups in total. The second-order valence-electron chi connectivity index (χ2n) is 4.85. The summed E-state index contributed by atoms with van der Waals surface area (Å²) in [5.41, 5.74) is -0.140. The van der Waals surface area contributed by atoms with Gasteiger partial charge in [-0.25, -0.2) is 4.39 Å². The van der Waals surface area contributed by atoms with Crippen LogP contribution in [0.4, 0.5) is 10.1 Å². The maximum absolute atomic E-state index is 13.1. The van der Waals surface area contributed by atoms with Crippen LogP contribution in [-0.2, 0) is 10.2 Å². The number of phenols is 1. The summed E-state index contributed by atoms with van der Waals surface area (Å²) in [7, 11) is -3.74. The van der Waals surface area contributed by atoms with Crippen LogP contribution in [0.5, 0.6) is 5.75 Å². The molecule has 0 atom stereocenters. The zero-order valence-corrected chi connectivity index (χ0v) is 11.5. The fourth-order valence-electron chi connectivity index (χ4n) is 2.02. The average Bonchev–Trinajstić information content (AvgIpc) is 2.34. The summed E-state index contributed by atoms with van der Waals surface area (Å²) in [5, 5.41) is 9.53. The van der Waals surface area contributed by atoms with E-state index in [1.807, 2.05) is 0 Å². The Balaban J connectivity index is 2.15. The van der Waals surface area contributed by atoms with E-state index in [4.69, 9.17) is 0 Å². The van der Waals surface area contributed by atoms with Gasteiger partial charge in [-0.2, -0.15) is 12.7 Å². The van der Waals surface area contributed by atoms with Crippen molar-refractivity contribution in [1.82, 2.24) is 4.31 Å². The summed E-state index contributed by atoms with van der Waals surface area (Å²) in [6.07, 6.45) is 1.60. The first-order valence-electron chi connectivity index (χ1n) is 6.15. The molecule has 0 amide bonds. The van der Waals surface area contributed by atoms with Crippen molar-refractivity contribution < 1.29 is 17.9 Å². The van der Waals surface area contributed by atoms with Crippen molar-refractivity contribution in [3.05, 3.63) is 24.0 Å². The van der Waals surface area contributed by atoms with Crippen LogP contribution in [0, 0.1) is 11.7 Å². The predicted molar refractivity (Wildman–Crippen MR) is 70.6 cm³/mol. The highest BCUT2D eigenvalue weighted by Crippen LogP contribution is 2.26. The van der Waals surface area contributed by atoms with Crippen LogP contribution in [0.1, 0.15) is 19.8 Å². The fraction of sp³-hybridized carbons (Fsp3) is 0.500. The Labute approximate surface area is 112 Å². The van der Waals surface area contributed by atoms with Crippen molar-refractivity contribution in [2.75, 3.05) is 17.8 Å². The van der Waals surface area contributed by atoms with Crippen molar-refractivity contribution >= 4 is 15.9 Å². The molecule has 1 aliphatic rings. The second-order valence-corrected chi connectivity index (χ2v) is 6.52. The quantitative estimate of drug-likeness (QED) is 0.835. The smallest absolute Gasteiger partial charge is 0.301 e. The monoisotopic (exact) mass is 288 g/mol. The van der Waals surface area contributed by atoms with E-state index in [1.165, 1.54) is 4.31 Å². The maximum Gasteiger partial charge on any atom is 0.301 e. The van der Waals surface area contributed by atoms with Crippen molar-refractivity contribution in [1.29, 1.82) is 0 Å². The molecule has 1 saturated heterocycles. The van der Waals surface area contributed by atoms with E-state index >= 15 is 0 Å². The molecule has 7 heteroatoms. The van der Waals surface area contributed by atoms with E-state index in [9.17, 15) is 17.9 Å². The third-order valence-corrected chi connectivity index (χ3v) is 4.80. The number of phenolic OH excluding ortho intramolecular Hbond substituents is 1. The predicted octanol–water partition coefficient (Wildman–Crippen LogP) is 1.92. The van der Waals surface area contributed by atoms with Crippen LogP contribution in [-0.4, -0.2) is 30.9 Å². The highest BCUT2D eigenvalue weighted by atomic mass is 32.2. The maximum atomic E-state index is 13.1. The Hall–Kier alpha value is -1.34. The number of halogens is 1. The van der Waals surface area contributed by atoms with Gasteiger partial charge < -0.3 is 5.11 Å². The van der Waals surface area contributed by atoms with Crippen LogP contribution in [0.25, 0.3) is 0 Å². The lowest BCUT2D eigenvalue weighted by Crippen LogP contribution is -2.41. The molecule has 1 aromatic carbocycles. The first-order valence-corrected chi connectivity index (χ1v) is 7.59. The normalized spacial score (nSPS) is 18.4. The third kappa shape index (κ3) is 3.36. The molecule has 1 fully saturated rings. The van der Waals surface area contributed by atoms with Crippen LogP contribution in [0.3, 0.4) is 0 Å². The summed E-state index contributed by atoms with van der Waals surface area (Å²) in [5.74, 6) is -0.396. The van der Waals surface area contributed by atoms with Gasteiger partial charge in [-0.3, -0.25) is 4.72 Å². The minimum absolute atomic E-state index is 0.140. The summed E-state index contributed by atoms with van der Waals surface area (Å²) >= 11 is 0. The highest BCUT2D eigenvalue weighted by Gasteiger charge is 2.27. The zero-order valence-electron chi connectivity index (χ0n) is 10.6. The van der Waals surface area contributed by atoms with Gasteiger partial charge in [-0.05, 0) is 30.9 Å². The molecule has 0 unspecified atom stereocenters. The molecule has 2 rings (SSSR count). The molecule has 0 radical (unpaired) electrons. The van der Waals surface area contributed by atoms with Gasteiger partial charge in [0.05, 0.1) is 5.69 Å². The van der Waals surface area contributed by atoms with E-state index < -0.39 is 16.0 Å². The largest absolute Gasteiger partial charge is 0.506 e. The van der Waals surface area contributed by atoms with E-state index in [-0.39, 0.29) is 11.4 Å². The van der Waals surface area contributed by atoms with Crippen LogP contribution >= 0.6 is 0 Å². The van der Waals surface area contributed by atoms with Crippen molar-refractivity contribution in [2.45, 2.75) is 19.8 Å². The Bertz CT molecular complexity index is 554. The van der Waals surface area contributed by atoms with Gasteiger partial charge in [0.1, 0.15) is 11.6 Å². The van der Waals surface area contributed by atoms with E-state index in [1.54, 1.807) is 0 Å². The standard InChI is InChI=1S/C12H17FN2O3S/c1-9-4-6-15(7-5-9)19(17,18)14-11-8-10(13)2-3-12(11)16/h2-3,8-9,14,16H,4-7H2,1H3. The number of hydrogen-bond acceptors (Lipinski definition) is 3. The zero-order chi connectivity index (χ0) is 14.0. The van der Waals surface area contributed by atoms with Gasteiger partial charge in [0.15, 0.2) is 0 Å². The Morgan fingerprint density at radius 1 is 1.37 bits per heavy atom. The topological polar surface area (TPSA) is 69.6 Å². The Kier molecular flexibility index (Phi) is 3.96. The molecule has 0 bridgehead atoms. The highest BCUT2D eigenvalue weighted by molar-refractivity contribution is 7.90. The van der Waals surface area contributed by atoms with E-state index in [2.05, 4.69) is 11.6 Å². The summed E-state index contributed by atoms with van der Waals surface area (Å²) in [6, 6.07) is 3.14. The molecule has 0 saturated carbocycles. The first-order chi connectivity index (χ1) is 8.88. The fourth-order valence-corrected chi connectivity index (χ4v) is 3.28. The number of piperidine rings is 1. The van der Waals surface area contributed by atoms with Crippen molar-refractivity contribution in [3.63, 3.8) is 0 Å². The lowest BCUT2D eigenvalue weighted by Gasteiger charge is -2.29. The third-order valence-electron chi connectivity index (χ3n) is 3.28. The van der Waals surface area contributed by atoms with Crippen molar-refractivity contribution in [2.24, 2.45) is 5.92 Å². The molecule has 0 spiro atoms. The molecule has 1 aromatic rings. The molecule has 5 nitrogen and oxygen atoms in total. The molecule has 19 heavy (non-hydrogen) atoms. The Morgan fingerprint density at radius 2 is 2.00 bits per heavy atom. The first kappa shape index (κ1) is 14.1. The van der Waals surface area contributed by atoms with Crippen LogP contribution < -0.4 is 4.72 Å². The lowest BCUT2D eigenvalue weighted by atomic mass is 10.0. The van der Waals surface area contributed by atoms with Gasteiger partial charge in [-0.15, -0.1) is 0 Å². The molecule has 0 aromatic heterocycles. The number of hydrogen-bond donors (Lipinski definition) is 2. The van der Waals surface area contributed by atoms with Crippen molar-refractivity contribution in [3.8, 4) is 5.75 Å². The minimum atomic E-state index is -3.74. The van der Waals surface area contributed by atoms with Gasteiger partial charge in [0.25, 0.3) is 0 Å². The molecular formula is C12H17FN2O3S. The lowest BCUT2D eigenvalue weighted by molar-refractivity contribution is 0.289. The number of nitrogens with one attached hydrogen (secondary N) is 1. The number of nitrogens with zero attached hydrogens (tertiary/aromatic N) is 1. The van der Waals surface area contributed by atoms with Gasteiger partial charge in [-0.1, -0.05) is 6.92 Å². The number of aromatic hydroxyl groups is 1. The number of rotatable bonds is 3. The van der Waals surface area contributed by atoms with Gasteiger partial charge in [0.2, 0.25) is 0 Å². The molecule has 1 heterocycles. The second kappa shape index (κ2) is 5.34. The van der Waals surface area contributed by atoms with E-state index in [0.717, 1.165) is 31.0 Å².